The summed E-state index contributed by atoms with van der Waals surface area (Å²) in [4.78, 5) is 10.5. The summed E-state index contributed by atoms with van der Waals surface area (Å²) in [7, 11) is 1.84. The van der Waals surface area contributed by atoms with Crippen LogP contribution in [0.3, 0.4) is 0 Å². The van der Waals surface area contributed by atoms with Gasteiger partial charge in [-0.25, -0.2) is 0 Å². The van der Waals surface area contributed by atoms with Crippen molar-refractivity contribution in [2.45, 2.75) is 6.92 Å². The zero-order valence-corrected chi connectivity index (χ0v) is 7.92. The van der Waals surface area contributed by atoms with E-state index in [0.29, 0.717) is 5.56 Å². The van der Waals surface area contributed by atoms with Gasteiger partial charge in [0.2, 0.25) is 0 Å². The summed E-state index contributed by atoms with van der Waals surface area (Å²) in [5.74, 6) is 0. The standard InChI is InChI=1S/C10H14N2O/c1-3-12-9-5-4-8(7-13)6-10(9)11-2/h4-7,11-12H,3H2,1-2H3. The van der Waals surface area contributed by atoms with Crippen molar-refractivity contribution in [3.05, 3.63) is 23.8 Å². The van der Waals surface area contributed by atoms with Gasteiger partial charge in [0.05, 0.1) is 11.4 Å². The second kappa shape index (κ2) is 4.50. The Morgan fingerprint density at radius 2 is 2.15 bits per heavy atom. The number of benzene rings is 1. The number of carbonyl (C=O) groups is 1. The molecule has 0 aromatic heterocycles. The average Bonchev–Trinajstić information content (AvgIpc) is 2.19. The lowest BCUT2D eigenvalue weighted by atomic mass is 10.2. The molecule has 1 rings (SSSR count). The van der Waals surface area contributed by atoms with E-state index in [0.717, 1.165) is 24.2 Å². The first-order valence-electron chi connectivity index (χ1n) is 4.32. The van der Waals surface area contributed by atoms with E-state index in [1.807, 2.05) is 26.1 Å². The number of aldehydes is 1. The van der Waals surface area contributed by atoms with Gasteiger partial charge in [0.1, 0.15) is 6.29 Å². The number of rotatable bonds is 4. The summed E-state index contributed by atoms with van der Waals surface area (Å²) in [6, 6.07) is 5.52. The Balaban J connectivity index is 3.00. The second-order valence-corrected chi connectivity index (χ2v) is 2.70. The van der Waals surface area contributed by atoms with Crippen LogP contribution in [0.25, 0.3) is 0 Å². The molecule has 1 aromatic rings. The van der Waals surface area contributed by atoms with Crippen LogP contribution in [0.15, 0.2) is 18.2 Å². The van der Waals surface area contributed by atoms with Crippen LogP contribution in [0.4, 0.5) is 11.4 Å². The van der Waals surface area contributed by atoms with Crippen LogP contribution < -0.4 is 10.6 Å². The van der Waals surface area contributed by atoms with Crippen LogP contribution in [-0.4, -0.2) is 19.9 Å². The van der Waals surface area contributed by atoms with Gasteiger partial charge in [0.15, 0.2) is 0 Å². The molecule has 0 bridgehead atoms. The van der Waals surface area contributed by atoms with Crippen molar-refractivity contribution < 1.29 is 4.79 Å². The van der Waals surface area contributed by atoms with Crippen LogP contribution in [-0.2, 0) is 0 Å². The summed E-state index contributed by atoms with van der Waals surface area (Å²) in [5.41, 5.74) is 2.66. The monoisotopic (exact) mass is 178 g/mol. The lowest BCUT2D eigenvalue weighted by Gasteiger charge is -2.10. The van der Waals surface area contributed by atoms with Gasteiger partial charge < -0.3 is 10.6 Å². The van der Waals surface area contributed by atoms with Gasteiger partial charge in [-0.15, -0.1) is 0 Å². The fraction of sp³-hybridized carbons (Fsp3) is 0.300. The quantitative estimate of drug-likeness (QED) is 0.692. The third kappa shape index (κ3) is 2.21. The first kappa shape index (κ1) is 9.58. The molecule has 0 spiro atoms. The van der Waals surface area contributed by atoms with Crippen molar-refractivity contribution in [2.75, 3.05) is 24.2 Å². The van der Waals surface area contributed by atoms with Crippen LogP contribution in [0.1, 0.15) is 17.3 Å². The van der Waals surface area contributed by atoms with Gasteiger partial charge in [0, 0.05) is 19.2 Å². The van der Waals surface area contributed by atoms with Crippen molar-refractivity contribution in [1.82, 2.24) is 0 Å². The van der Waals surface area contributed by atoms with Crippen LogP contribution in [0.2, 0.25) is 0 Å². The maximum atomic E-state index is 10.5. The number of nitrogens with one attached hydrogen (secondary N) is 2. The molecule has 70 valence electrons. The van der Waals surface area contributed by atoms with Crippen molar-refractivity contribution in [2.24, 2.45) is 0 Å². The van der Waals surface area contributed by atoms with Crippen LogP contribution >= 0.6 is 0 Å². The van der Waals surface area contributed by atoms with E-state index in [4.69, 9.17) is 0 Å². The molecule has 0 saturated carbocycles. The van der Waals surface area contributed by atoms with E-state index < -0.39 is 0 Å². The molecule has 0 unspecified atom stereocenters. The Labute approximate surface area is 78.2 Å². The van der Waals surface area contributed by atoms with E-state index in [2.05, 4.69) is 10.6 Å². The first-order valence-corrected chi connectivity index (χ1v) is 4.32. The zero-order chi connectivity index (χ0) is 9.68. The summed E-state index contributed by atoms with van der Waals surface area (Å²) in [6.07, 6.45) is 0.844. The highest BCUT2D eigenvalue weighted by Gasteiger charge is 1.99. The number of anilines is 2. The molecule has 3 nitrogen and oxygen atoms in total. The molecule has 0 aliphatic heterocycles. The van der Waals surface area contributed by atoms with E-state index in [-0.39, 0.29) is 0 Å². The Hall–Kier alpha value is -1.51. The molecule has 0 amide bonds. The summed E-state index contributed by atoms with van der Waals surface area (Å²) in [5, 5.41) is 6.23. The van der Waals surface area contributed by atoms with Gasteiger partial charge in [-0.3, -0.25) is 4.79 Å². The normalized spacial score (nSPS) is 9.38. The predicted octanol–water partition coefficient (Wildman–Crippen LogP) is 1.97. The molecule has 0 radical (unpaired) electrons. The number of hydrogen-bond donors (Lipinski definition) is 2. The lowest BCUT2D eigenvalue weighted by molar-refractivity contribution is 0.112. The fourth-order valence-electron chi connectivity index (χ4n) is 1.19. The van der Waals surface area contributed by atoms with Gasteiger partial charge in [-0.1, -0.05) is 0 Å². The number of hydrogen-bond acceptors (Lipinski definition) is 3. The van der Waals surface area contributed by atoms with Crippen LogP contribution in [0, 0.1) is 0 Å². The molecule has 0 aliphatic rings. The Kier molecular flexibility index (Phi) is 3.31. The van der Waals surface area contributed by atoms with Crippen molar-refractivity contribution >= 4 is 17.7 Å². The summed E-state index contributed by atoms with van der Waals surface area (Å²) >= 11 is 0. The lowest BCUT2D eigenvalue weighted by Crippen LogP contribution is -2.01. The van der Waals surface area contributed by atoms with Gasteiger partial charge in [-0.2, -0.15) is 0 Å². The minimum absolute atomic E-state index is 0.686. The van der Waals surface area contributed by atoms with E-state index >= 15 is 0 Å². The summed E-state index contributed by atoms with van der Waals surface area (Å²) in [6.45, 7) is 2.90. The van der Waals surface area contributed by atoms with Gasteiger partial charge in [-0.05, 0) is 25.1 Å². The fourth-order valence-corrected chi connectivity index (χ4v) is 1.19. The third-order valence-corrected chi connectivity index (χ3v) is 1.82. The smallest absolute Gasteiger partial charge is 0.150 e. The largest absolute Gasteiger partial charge is 0.386 e. The van der Waals surface area contributed by atoms with E-state index in [9.17, 15) is 4.79 Å². The molecule has 0 saturated heterocycles. The summed E-state index contributed by atoms with van der Waals surface area (Å²) < 4.78 is 0. The average molecular weight is 178 g/mol. The second-order valence-electron chi connectivity index (χ2n) is 2.70. The molecule has 13 heavy (non-hydrogen) atoms. The molecule has 0 aliphatic carbocycles. The Bertz CT molecular complexity index is 297. The topological polar surface area (TPSA) is 41.1 Å². The highest BCUT2D eigenvalue weighted by Crippen LogP contribution is 2.21. The Morgan fingerprint density at radius 3 is 2.69 bits per heavy atom. The molecule has 1 aromatic carbocycles. The third-order valence-electron chi connectivity index (χ3n) is 1.82. The first-order chi connectivity index (χ1) is 6.31. The maximum Gasteiger partial charge on any atom is 0.150 e. The van der Waals surface area contributed by atoms with Gasteiger partial charge >= 0.3 is 0 Å². The van der Waals surface area contributed by atoms with Crippen molar-refractivity contribution in [3.8, 4) is 0 Å². The minimum Gasteiger partial charge on any atom is -0.386 e. The molecule has 2 N–H and O–H groups in total. The molecule has 0 fully saturated rings. The molecular formula is C10H14N2O. The van der Waals surface area contributed by atoms with Crippen LogP contribution in [0.5, 0.6) is 0 Å². The Morgan fingerprint density at radius 1 is 1.38 bits per heavy atom. The maximum absolute atomic E-state index is 10.5. The SMILES string of the molecule is CCNc1ccc(C=O)cc1NC. The predicted molar refractivity (Wildman–Crippen MR) is 55.5 cm³/mol. The molecular weight excluding hydrogens is 164 g/mol. The highest BCUT2D eigenvalue weighted by molar-refractivity contribution is 5.81. The van der Waals surface area contributed by atoms with Crippen molar-refractivity contribution in [3.63, 3.8) is 0 Å². The number of carbonyl (C=O) groups excluding carboxylic acids is 1. The van der Waals surface area contributed by atoms with Crippen molar-refractivity contribution in [1.29, 1.82) is 0 Å². The minimum atomic E-state index is 0.686. The van der Waals surface area contributed by atoms with E-state index in [1.165, 1.54) is 0 Å². The molecule has 0 heterocycles. The highest BCUT2D eigenvalue weighted by atomic mass is 16.1. The molecule has 0 atom stereocenters. The molecule has 3 heteroatoms. The van der Waals surface area contributed by atoms with E-state index in [1.54, 1.807) is 6.07 Å². The van der Waals surface area contributed by atoms with Gasteiger partial charge in [0.25, 0.3) is 0 Å². The zero-order valence-electron chi connectivity index (χ0n) is 7.92.